The first-order valence-electron chi connectivity index (χ1n) is 8.74. The maximum atomic E-state index is 12.8. The van der Waals surface area contributed by atoms with E-state index < -0.39 is 0 Å². The van der Waals surface area contributed by atoms with Crippen LogP contribution in [0, 0.1) is 0 Å². The van der Waals surface area contributed by atoms with Gasteiger partial charge in [-0.05, 0) is 45.3 Å². The number of alkyl halides is 1. The zero-order valence-corrected chi connectivity index (χ0v) is 18.0. The normalized spacial score (nSPS) is 10.9. The number of hydrogen-bond donors (Lipinski definition) is 0. The SMILES string of the molecule is O=C(OCc1ccccc1)c1ccccc1-c1oc2ccc(CBr)cc2c1Br. The third-order valence-corrected chi connectivity index (χ3v) is 5.89. The van der Waals surface area contributed by atoms with Crippen LogP contribution >= 0.6 is 31.9 Å². The Labute approximate surface area is 179 Å². The van der Waals surface area contributed by atoms with Crippen molar-refractivity contribution in [1.82, 2.24) is 0 Å². The Hall–Kier alpha value is -2.37. The van der Waals surface area contributed by atoms with E-state index in [1.54, 1.807) is 6.07 Å². The highest BCUT2D eigenvalue weighted by atomic mass is 79.9. The summed E-state index contributed by atoms with van der Waals surface area (Å²) in [5, 5.41) is 1.73. The van der Waals surface area contributed by atoms with Gasteiger partial charge in [-0.1, -0.05) is 70.5 Å². The molecule has 1 aromatic heterocycles. The molecule has 0 unspecified atom stereocenters. The van der Waals surface area contributed by atoms with Crippen LogP contribution in [0.25, 0.3) is 22.3 Å². The van der Waals surface area contributed by atoms with Crippen molar-refractivity contribution in [2.75, 3.05) is 0 Å². The van der Waals surface area contributed by atoms with E-state index in [2.05, 4.69) is 37.9 Å². The zero-order valence-electron chi connectivity index (χ0n) is 14.8. The summed E-state index contributed by atoms with van der Waals surface area (Å²) in [7, 11) is 0. The second kappa shape index (κ2) is 8.33. The number of benzene rings is 3. The molecular formula is C23H16Br2O3. The molecule has 0 aliphatic rings. The van der Waals surface area contributed by atoms with Crippen LogP contribution in [0.1, 0.15) is 21.5 Å². The Balaban J connectivity index is 1.69. The number of furan rings is 1. The molecule has 5 heteroatoms. The molecule has 0 saturated carbocycles. The Morgan fingerprint density at radius 1 is 0.929 bits per heavy atom. The van der Waals surface area contributed by atoms with Gasteiger partial charge >= 0.3 is 5.97 Å². The quantitative estimate of drug-likeness (QED) is 0.217. The summed E-state index contributed by atoms with van der Waals surface area (Å²) in [5.41, 5.74) is 4.03. The molecule has 0 amide bonds. The molecule has 4 rings (SSSR count). The molecule has 0 bridgehead atoms. The first kappa shape index (κ1) is 19.0. The summed E-state index contributed by atoms with van der Waals surface area (Å²) in [5.74, 6) is 0.238. The van der Waals surface area contributed by atoms with Crippen molar-refractivity contribution >= 4 is 48.8 Å². The molecule has 28 heavy (non-hydrogen) atoms. The van der Waals surface area contributed by atoms with E-state index in [9.17, 15) is 4.79 Å². The molecule has 0 atom stereocenters. The minimum absolute atomic E-state index is 0.226. The molecule has 0 N–H and O–H groups in total. The molecule has 0 aliphatic heterocycles. The smallest absolute Gasteiger partial charge is 0.339 e. The van der Waals surface area contributed by atoms with Crippen LogP contribution in [-0.2, 0) is 16.7 Å². The van der Waals surface area contributed by atoms with Gasteiger partial charge in [0.25, 0.3) is 0 Å². The first-order chi connectivity index (χ1) is 13.7. The Kier molecular flexibility index (Phi) is 5.64. The van der Waals surface area contributed by atoms with E-state index in [-0.39, 0.29) is 12.6 Å². The van der Waals surface area contributed by atoms with Gasteiger partial charge in [-0.15, -0.1) is 0 Å². The molecule has 0 radical (unpaired) electrons. The molecule has 0 saturated heterocycles. The second-order valence-corrected chi connectivity index (χ2v) is 7.67. The number of esters is 1. The van der Waals surface area contributed by atoms with E-state index in [1.807, 2.05) is 60.7 Å². The molecule has 0 aliphatic carbocycles. The zero-order chi connectivity index (χ0) is 19.5. The van der Waals surface area contributed by atoms with Gasteiger partial charge in [0.1, 0.15) is 18.0 Å². The van der Waals surface area contributed by atoms with E-state index >= 15 is 0 Å². The summed E-state index contributed by atoms with van der Waals surface area (Å²) < 4.78 is 12.4. The predicted octanol–water partition coefficient (Wildman–Crippen LogP) is 7.11. The lowest BCUT2D eigenvalue weighted by molar-refractivity contribution is 0.0473. The summed E-state index contributed by atoms with van der Waals surface area (Å²) >= 11 is 7.13. The van der Waals surface area contributed by atoms with E-state index in [4.69, 9.17) is 9.15 Å². The van der Waals surface area contributed by atoms with Crippen LogP contribution in [0.2, 0.25) is 0 Å². The third-order valence-electron chi connectivity index (χ3n) is 4.45. The lowest BCUT2D eigenvalue weighted by atomic mass is 10.0. The fraction of sp³-hybridized carbons (Fsp3) is 0.0870. The molecular weight excluding hydrogens is 484 g/mol. The highest BCUT2D eigenvalue weighted by Crippen LogP contribution is 2.39. The fourth-order valence-corrected chi connectivity index (χ4v) is 3.98. The van der Waals surface area contributed by atoms with Crippen molar-refractivity contribution in [3.8, 4) is 11.3 Å². The maximum Gasteiger partial charge on any atom is 0.339 e. The van der Waals surface area contributed by atoms with Gasteiger partial charge in [-0.25, -0.2) is 4.79 Å². The Morgan fingerprint density at radius 3 is 2.46 bits per heavy atom. The van der Waals surface area contributed by atoms with Crippen LogP contribution in [0.15, 0.2) is 81.7 Å². The van der Waals surface area contributed by atoms with Crippen LogP contribution in [0.5, 0.6) is 0 Å². The minimum atomic E-state index is -0.382. The van der Waals surface area contributed by atoms with E-state index in [0.717, 1.165) is 31.9 Å². The van der Waals surface area contributed by atoms with Crippen LogP contribution in [0.4, 0.5) is 0 Å². The van der Waals surface area contributed by atoms with Gasteiger partial charge in [0.05, 0.1) is 10.0 Å². The van der Waals surface area contributed by atoms with Gasteiger partial charge in [0.2, 0.25) is 0 Å². The first-order valence-corrected chi connectivity index (χ1v) is 10.7. The van der Waals surface area contributed by atoms with Crippen molar-refractivity contribution in [2.45, 2.75) is 11.9 Å². The Morgan fingerprint density at radius 2 is 1.68 bits per heavy atom. The van der Waals surface area contributed by atoms with Crippen molar-refractivity contribution < 1.29 is 13.9 Å². The van der Waals surface area contributed by atoms with Crippen molar-refractivity contribution in [3.63, 3.8) is 0 Å². The molecule has 3 aromatic carbocycles. The lowest BCUT2D eigenvalue weighted by Gasteiger charge is -2.08. The molecule has 4 aromatic rings. The lowest BCUT2D eigenvalue weighted by Crippen LogP contribution is -2.06. The maximum absolute atomic E-state index is 12.8. The minimum Gasteiger partial charge on any atom is -0.457 e. The van der Waals surface area contributed by atoms with Gasteiger partial charge in [-0.2, -0.15) is 0 Å². The Bertz CT molecular complexity index is 1130. The number of hydrogen-bond acceptors (Lipinski definition) is 3. The topological polar surface area (TPSA) is 39.4 Å². The second-order valence-electron chi connectivity index (χ2n) is 6.32. The van der Waals surface area contributed by atoms with Gasteiger partial charge < -0.3 is 9.15 Å². The summed E-state index contributed by atoms with van der Waals surface area (Å²) in [4.78, 5) is 12.8. The average molecular weight is 500 g/mol. The standard InChI is InChI=1S/C23H16Br2O3/c24-13-16-10-11-20-19(12-16)21(25)22(28-20)17-8-4-5-9-18(17)23(26)27-14-15-6-2-1-3-7-15/h1-12H,13-14H2. The van der Waals surface area contributed by atoms with Crippen molar-refractivity contribution in [1.29, 1.82) is 0 Å². The highest BCUT2D eigenvalue weighted by molar-refractivity contribution is 9.10. The largest absolute Gasteiger partial charge is 0.457 e. The van der Waals surface area contributed by atoms with Crippen LogP contribution in [-0.4, -0.2) is 5.97 Å². The molecule has 3 nitrogen and oxygen atoms in total. The number of halogens is 2. The number of carbonyl (C=O) groups is 1. The number of ether oxygens (including phenoxy) is 1. The summed E-state index contributed by atoms with van der Waals surface area (Å²) in [6.07, 6.45) is 0. The van der Waals surface area contributed by atoms with Crippen molar-refractivity contribution in [2.24, 2.45) is 0 Å². The van der Waals surface area contributed by atoms with Crippen molar-refractivity contribution in [3.05, 3.63) is 94.0 Å². The van der Waals surface area contributed by atoms with Gasteiger partial charge in [0, 0.05) is 16.3 Å². The highest BCUT2D eigenvalue weighted by Gasteiger charge is 2.20. The number of fused-ring (bicyclic) bond motifs is 1. The molecule has 140 valence electrons. The van der Waals surface area contributed by atoms with E-state index in [1.165, 1.54) is 0 Å². The number of rotatable bonds is 5. The molecule has 0 fully saturated rings. The monoisotopic (exact) mass is 498 g/mol. The molecule has 1 heterocycles. The summed E-state index contributed by atoms with van der Waals surface area (Å²) in [6.45, 7) is 0.226. The van der Waals surface area contributed by atoms with E-state index in [0.29, 0.717) is 16.9 Å². The van der Waals surface area contributed by atoms with Crippen LogP contribution < -0.4 is 0 Å². The third kappa shape index (κ3) is 3.77. The summed E-state index contributed by atoms with van der Waals surface area (Å²) in [6, 6.07) is 23.0. The fourth-order valence-electron chi connectivity index (χ4n) is 3.03. The van der Waals surface area contributed by atoms with Gasteiger partial charge in [-0.3, -0.25) is 0 Å². The van der Waals surface area contributed by atoms with Crippen LogP contribution in [0.3, 0.4) is 0 Å². The number of carbonyl (C=O) groups excluding carboxylic acids is 1. The average Bonchev–Trinajstić information content (AvgIpc) is 3.08. The van der Waals surface area contributed by atoms with Gasteiger partial charge in [0.15, 0.2) is 0 Å². The molecule has 0 spiro atoms. The predicted molar refractivity (Wildman–Crippen MR) is 118 cm³/mol.